The Morgan fingerprint density at radius 1 is 1.61 bits per heavy atom. The number of halogens is 1. The summed E-state index contributed by atoms with van der Waals surface area (Å²) < 4.78 is 0.773. The zero-order valence-corrected chi connectivity index (χ0v) is 11.7. The number of anilines is 1. The molecule has 1 aliphatic heterocycles. The van der Waals surface area contributed by atoms with E-state index in [1.165, 1.54) is 0 Å². The lowest BCUT2D eigenvalue weighted by Gasteiger charge is -2.22. The first kappa shape index (κ1) is 12.9. The highest BCUT2D eigenvalue weighted by Crippen LogP contribution is 2.34. The van der Waals surface area contributed by atoms with E-state index in [2.05, 4.69) is 26.9 Å². The van der Waals surface area contributed by atoms with Crippen LogP contribution in [0, 0.1) is 16.7 Å². The van der Waals surface area contributed by atoms with Crippen molar-refractivity contribution in [1.29, 1.82) is 5.26 Å². The summed E-state index contributed by atoms with van der Waals surface area (Å²) in [7, 11) is 0. The minimum absolute atomic E-state index is 0.252. The number of nitriles is 1. The molecule has 0 spiro atoms. The number of primary amides is 1. The average Bonchev–Trinajstić information content (AvgIpc) is 2.73. The van der Waals surface area contributed by atoms with Gasteiger partial charge in [-0.1, -0.05) is 0 Å². The van der Waals surface area contributed by atoms with Crippen molar-refractivity contribution in [2.24, 2.45) is 11.1 Å². The second-order valence-corrected chi connectivity index (χ2v) is 5.73. The molecule has 1 aliphatic rings. The van der Waals surface area contributed by atoms with Gasteiger partial charge in [0.1, 0.15) is 6.07 Å². The predicted octanol–water partition coefficient (Wildman–Crippen LogP) is 2.02. The lowest BCUT2D eigenvalue weighted by Crippen LogP contribution is -2.37. The van der Waals surface area contributed by atoms with Crippen molar-refractivity contribution in [1.82, 2.24) is 0 Å². The number of hydrogen-bond acceptors (Lipinski definition) is 3. The molecule has 0 aromatic heterocycles. The van der Waals surface area contributed by atoms with Crippen molar-refractivity contribution < 1.29 is 4.79 Å². The number of hydrogen-bond donors (Lipinski definition) is 1. The lowest BCUT2D eigenvalue weighted by molar-refractivity contribution is -0.125. The van der Waals surface area contributed by atoms with Crippen molar-refractivity contribution in [3.8, 4) is 6.07 Å². The lowest BCUT2D eigenvalue weighted by atomic mass is 9.89. The number of carbonyl (C=O) groups is 1. The van der Waals surface area contributed by atoms with E-state index in [0.717, 1.165) is 23.1 Å². The van der Waals surface area contributed by atoms with Crippen LogP contribution in [0.2, 0.25) is 0 Å². The van der Waals surface area contributed by atoms with Gasteiger partial charge >= 0.3 is 0 Å². The van der Waals surface area contributed by atoms with Gasteiger partial charge in [0.05, 0.1) is 11.0 Å². The summed E-state index contributed by atoms with van der Waals surface area (Å²) in [4.78, 5) is 13.5. The third-order valence-electron chi connectivity index (χ3n) is 3.51. The number of amides is 1. The number of nitrogens with zero attached hydrogens (tertiary/aromatic N) is 2. The first-order chi connectivity index (χ1) is 8.46. The first-order valence-electron chi connectivity index (χ1n) is 5.71. The molecule has 0 radical (unpaired) electrons. The van der Waals surface area contributed by atoms with Crippen LogP contribution in [0.25, 0.3) is 0 Å². The normalized spacial score (nSPS) is 22.8. The molecule has 1 unspecified atom stereocenters. The minimum Gasteiger partial charge on any atom is -0.370 e. The maximum absolute atomic E-state index is 11.4. The quantitative estimate of drug-likeness (QED) is 0.908. The molecule has 1 fully saturated rings. The molecule has 0 bridgehead atoms. The van der Waals surface area contributed by atoms with E-state index < -0.39 is 5.41 Å². The van der Waals surface area contributed by atoms with Crippen LogP contribution in [0.4, 0.5) is 5.69 Å². The SMILES string of the molecule is CC1(C(N)=O)CCN(c2ccc(C#N)c(Br)c2)C1. The molecular weight excluding hydrogens is 294 g/mol. The Morgan fingerprint density at radius 3 is 2.83 bits per heavy atom. The standard InChI is InChI=1S/C13H14BrN3O/c1-13(12(16)18)4-5-17(8-13)10-3-2-9(7-15)11(14)6-10/h2-3,6H,4-5,8H2,1H3,(H2,16,18). The van der Waals surface area contributed by atoms with Gasteiger partial charge in [-0.3, -0.25) is 4.79 Å². The Hall–Kier alpha value is -1.54. The summed E-state index contributed by atoms with van der Waals surface area (Å²) >= 11 is 3.37. The van der Waals surface area contributed by atoms with E-state index in [9.17, 15) is 4.79 Å². The Morgan fingerprint density at radius 2 is 2.33 bits per heavy atom. The summed E-state index contributed by atoms with van der Waals surface area (Å²) in [6.07, 6.45) is 0.764. The van der Waals surface area contributed by atoms with Gasteiger partial charge in [0.2, 0.25) is 5.91 Å². The van der Waals surface area contributed by atoms with Crippen LogP contribution in [0.5, 0.6) is 0 Å². The summed E-state index contributed by atoms with van der Waals surface area (Å²) in [5.41, 5.74) is 6.58. The smallest absolute Gasteiger partial charge is 0.225 e. The maximum Gasteiger partial charge on any atom is 0.225 e. The Labute approximate surface area is 115 Å². The molecule has 2 N–H and O–H groups in total. The van der Waals surface area contributed by atoms with Gasteiger partial charge < -0.3 is 10.6 Å². The van der Waals surface area contributed by atoms with Crippen LogP contribution in [0.3, 0.4) is 0 Å². The van der Waals surface area contributed by atoms with Crippen LogP contribution in [0.1, 0.15) is 18.9 Å². The molecule has 0 aliphatic carbocycles. The Balaban J connectivity index is 2.23. The van der Waals surface area contributed by atoms with Gasteiger partial charge in [-0.25, -0.2) is 0 Å². The van der Waals surface area contributed by atoms with Crippen LogP contribution in [0.15, 0.2) is 22.7 Å². The zero-order chi connectivity index (χ0) is 13.3. The minimum atomic E-state index is -0.458. The van der Waals surface area contributed by atoms with E-state index in [4.69, 9.17) is 11.0 Å². The third kappa shape index (κ3) is 2.21. The molecule has 1 aromatic rings. The van der Waals surface area contributed by atoms with Crippen LogP contribution in [-0.2, 0) is 4.79 Å². The number of carbonyl (C=O) groups excluding carboxylic acids is 1. The molecule has 1 atom stereocenters. The number of rotatable bonds is 2. The highest BCUT2D eigenvalue weighted by Gasteiger charge is 2.38. The van der Waals surface area contributed by atoms with Crippen LogP contribution in [-0.4, -0.2) is 19.0 Å². The molecule has 4 nitrogen and oxygen atoms in total. The number of benzene rings is 1. The van der Waals surface area contributed by atoms with E-state index in [1.807, 2.05) is 19.1 Å². The summed E-state index contributed by atoms with van der Waals surface area (Å²) in [6, 6.07) is 7.69. The fraction of sp³-hybridized carbons (Fsp3) is 0.385. The summed E-state index contributed by atoms with van der Waals surface area (Å²) in [6.45, 7) is 3.33. The summed E-state index contributed by atoms with van der Waals surface area (Å²) in [5, 5.41) is 8.88. The fourth-order valence-corrected chi connectivity index (χ4v) is 2.63. The van der Waals surface area contributed by atoms with E-state index in [-0.39, 0.29) is 5.91 Å². The average molecular weight is 308 g/mol. The van der Waals surface area contributed by atoms with Crippen molar-refractivity contribution in [3.05, 3.63) is 28.2 Å². The van der Waals surface area contributed by atoms with Gasteiger partial charge in [-0.15, -0.1) is 0 Å². The van der Waals surface area contributed by atoms with E-state index in [0.29, 0.717) is 12.1 Å². The predicted molar refractivity (Wildman–Crippen MR) is 73.0 cm³/mol. The molecule has 1 aromatic carbocycles. The molecule has 94 valence electrons. The van der Waals surface area contributed by atoms with Gasteiger partial charge in [0, 0.05) is 23.2 Å². The third-order valence-corrected chi connectivity index (χ3v) is 4.16. The first-order valence-corrected chi connectivity index (χ1v) is 6.50. The Bertz CT molecular complexity index is 538. The monoisotopic (exact) mass is 307 g/mol. The molecule has 0 saturated carbocycles. The molecule has 1 amide bonds. The van der Waals surface area contributed by atoms with Crippen LogP contribution < -0.4 is 10.6 Å². The van der Waals surface area contributed by atoms with E-state index in [1.54, 1.807) is 6.07 Å². The van der Waals surface area contributed by atoms with Gasteiger partial charge in [0.25, 0.3) is 0 Å². The van der Waals surface area contributed by atoms with Crippen molar-refractivity contribution in [3.63, 3.8) is 0 Å². The molecular formula is C13H14BrN3O. The van der Waals surface area contributed by atoms with Crippen LogP contribution >= 0.6 is 15.9 Å². The van der Waals surface area contributed by atoms with Gasteiger partial charge in [-0.2, -0.15) is 5.26 Å². The molecule has 1 heterocycles. The van der Waals surface area contributed by atoms with Crippen molar-refractivity contribution in [2.75, 3.05) is 18.0 Å². The van der Waals surface area contributed by atoms with E-state index >= 15 is 0 Å². The molecule has 2 rings (SSSR count). The highest BCUT2D eigenvalue weighted by atomic mass is 79.9. The zero-order valence-electron chi connectivity index (χ0n) is 10.1. The van der Waals surface area contributed by atoms with Gasteiger partial charge in [0.15, 0.2) is 0 Å². The fourth-order valence-electron chi connectivity index (χ4n) is 2.17. The Kier molecular flexibility index (Phi) is 3.31. The molecule has 5 heteroatoms. The topological polar surface area (TPSA) is 70.1 Å². The largest absolute Gasteiger partial charge is 0.370 e. The number of nitrogens with two attached hydrogens (primary N) is 1. The second kappa shape index (κ2) is 4.62. The second-order valence-electron chi connectivity index (χ2n) is 4.87. The molecule has 18 heavy (non-hydrogen) atoms. The van der Waals surface area contributed by atoms with Gasteiger partial charge in [-0.05, 0) is 47.5 Å². The van der Waals surface area contributed by atoms with Crippen molar-refractivity contribution in [2.45, 2.75) is 13.3 Å². The van der Waals surface area contributed by atoms with Crippen molar-refractivity contribution >= 4 is 27.5 Å². The molecule has 1 saturated heterocycles. The highest BCUT2D eigenvalue weighted by molar-refractivity contribution is 9.10. The summed E-state index contributed by atoms with van der Waals surface area (Å²) in [5.74, 6) is -0.252. The maximum atomic E-state index is 11.4.